The fourth-order valence-corrected chi connectivity index (χ4v) is 5.19. The maximum atomic E-state index is 13.5. The van der Waals surface area contributed by atoms with Gasteiger partial charge in [0, 0.05) is 30.5 Å². The number of aromatic nitrogens is 2. The summed E-state index contributed by atoms with van der Waals surface area (Å²) in [5, 5.41) is 6.52. The minimum Gasteiger partial charge on any atom is -0.493 e. The molecule has 5 aromatic rings. The Hall–Kier alpha value is -4.83. The Bertz CT molecular complexity index is 1840. The topological polar surface area (TPSA) is 90.3 Å². The molecule has 10 heteroatoms. The van der Waals surface area contributed by atoms with E-state index in [9.17, 15) is 22.0 Å². The Labute approximate surface area is 235 Å². The van der Waals surface area contributed by atoms with Gasteiger partial charge in [0.1, 0.15) is 5.75 Å². The van der Waals surface area contributed by atoms with E-state index in [1.807, 2.05) is 41.3 Å². The number of fused-ring (bicyclic) bond motifs is 1. The van der Waals surface area contributed by atoms with E-state index >= 15 is 0 Å². The lowest BCUT2D eigenvalue weighted by Crippen LogP contribution is -2.29. The number of amides is 1. The van der Waals surface area contributed by atoms with Crippen molar-refractivity contribution in [3.8, 4) is 5.75 Å². The van der Waals surface area contributed by atoms with Crippen LogP contribution in [0.15, 0.2) is 108 Å². The summed E-state index contributed by atoms with van der Waals surface area (Å²) in [5.74, 6) is -2.99. The van der Waals surface area contributed by atoms with E-state index in [-0.39, 0.29) is 0 Å². The van der Waals surface area contributed by atoms with Gasteiger partial charge in [0.15, 0.2) is 11.6 Å². The largest absolute Gasteiger partial charge is 0.493 e. The number of halogens is 2. The molecule has 0 aliphatic heterocycles. The highest BCUT2D eigenvalue weighted by atomic mass is 32.2. The molecule has 1 amide bonds. The number of benzene rings is 4. The summed E-state index contributed by atoms with van der Waals surface area (Å²) in [6, 6.07) is 23.7. The van der Waals surface area contributed by atoms with Gasteiger partial charge in [-0.05, 0) is 58.3 Å². The van der Waals surface area contributed by atoms with Crippen molar-refractivity contribution >= 4 is 32.8 Å². The lowest BCUT2D eigenvalue weighted by molar-refractivity contribution is -0.114. The Kier molecular flexibility index (Phi) is 8.21. The fourth-order valence-electron chi connectivity index (χ4n) is 4.23. The van der Waals surface area contributed by atoms with Crippen molar-refractivity contribution in [3.63, 3.8) is 0 Å². The monoisotopic (exact) mass is 573 g/mol. The number of sulfonamides is 1. The third-order valence-corrected chi connectivity index (χ3v) is 7.64. The maximum absolute atomic E-state index is 13.5. The van der Waals surface area contributed by atoms with Crippen molar-refractivity contribution in [2.45, 2.75) is 17.9 Å². The number of nitrogens with one attached hydrogen (secondary N) is 1. The molecule has 4 aromatic carbocycles. The van der Waals surface area contributed by atoms with Crippen LogP contribution in [-0.4, -0.2) is 30.7 Å². The average molecular weight is 574 g/mol. The maximum Gasteiger partial charge on any atom is 0.264 e. The van der Waals surface area contributed by atoms with Gasteiger partial charge in [-0.3, -0.25) is 9.48 Å². The first-order chi connectivity index (χ1) is 19.8. The third-order valence-electron chi connectivity index (χ3n) is 6.29. The van der Waals surface area contributed by atoms with E-state index < -0.39 is 32.5 Å². The minimum absolute atomic E-state index is 0.362. The highest BCUT2D eigenvalue weighted by Gasteiger charge is 2.18. The highest BCUT2D eigenvalue weighted by Crippen LogP contribution is 2.24. The van der Waals surface area contributed by atoms with Crippen molar-refractivity contribution in [2.75, 3.05) is 6.61 Å². The molecule has 0 saturated heterocycles. The van der Waals surface area contributed by atoms with Crippen LogP contribution in [0.4, 0.5) is 8.78 Å². The van der Waals surface area contributed by atoms with Gasteiger partial charge in [0.05, 0.1) is 18.0 Å². The predicted molar refractivity (Wildman–Crippen MR) is 152 cm³/mol. The van der Waals surface area contributed by atoms with Gasteiger partial charge in [0.2, 0.25) is 0 Å². The van der Waals surface area contributed by atoms with Crippen molar-refractivity contribution in [2.24, 2.45) is 0 Å². The molecule has 0 aliphatic rings. The molecule has 1 heterocycles. The number of rotatable bonds is 10. The SMILES string of the molecule is O=C(/C=C/c1ccc(Cn2cccn2)cc1OCCc1ccc2ccccc2c1)NS(=O)(=O)c1ccc(F)c(F)c1. The second-order valence-corrected chi connectivity index (χ2v) is 10.9. The van der Waals surface area contributed by atoms with Crippen LogP contribution in [0.5, 0.6) is 5.75 Å². The molecule has 1 aromatic heterocycles. The van der Waals surface area contributed by atoms with Crippen LogP contribution in [0.3, 0.4) is 0 Å². The molecule has 208 valence electrons. The molecule has 7 nitrogen and oxygen atoms in total. The molecule has 0 bridgehead atoms. The third kappa shape index (κ3) is 7.03. The van der Waals surface area contributed by atoms with Gasteiger partial charge < -0.3 is 4.74 Å². The highest BCUT2D eigenvalue weighted by molar-refractivity contribution is 7.90. The van der Waals surface area contributed by atoms with E-state index in [1.165, 1.54) is 6.08 Å². The van der Waals surface area contributed by atoms with Crippen LogP contribution in [0.25, 0.3) is 16.8 Å². The minimum atomic E-state index is -4.41. The molecule has 1 N–H and O–H groups in total. The first-order valence-electron chi connectivity index (χ1n) is 12.7. The van der Waals surface area contributed by atoms with E-state index in [4.69, 9.17) is 4.74 Å². The van der Waals surface area contributed by atoms with Gasteiger partial charge in [0.25, 0.3) is 15.9 Å². The summed E-state index contributed by atoms with van der Waals surface area (Å²) in [7, 11) is -4.41. The summed E-state index contributed by atoms with van der Waals surface area (Å²) in [6.07, 6.45) is 6.64. The predicted octanol–water partition coefficient (Wildman–Crippen LogP) is 5.50. The Morgan fingerprint density at radius 1 is 0.902 bits per heavy atom. The van der Waals surface area contributed by atoms with Crippen LogP contribution in [0.2, 0.25) is 0 Å². The summed E-state index contributed by atoms with van der Waals surface area (Å²) in [5.41, 5.74) is 2.57. The number of carbonyl (C=O) groups is 1. The lowest BCUT2D eigenvalue weighted by atomic mass is 10.1. The van der Waals surface area contributed by atoms with Crippen LogP contribution >= 0.6 is 0 Å². The number of ether oxygens (including phenoxy) is 1. The molecule has 41 heavy (non-hydrogen) atoms. The zero-order valence-electron chi connectivity index (χ0n) is 21.7. The number of hydrogen-bond donors (Lipinski definition) is 1. The van der Waals surface area contributed by atoms with Gasteiger partial charge >= 0.3 is 0 Å². The summed E-state index contributed by atoms with van der Waals surface area (Å²) < 4.78 is 61.3. The van der Waals surface area contributed by atoms with E-state index in [1.54, 1.807) is 16.9 Å². The molecule has 0 atom stereocenters. The van der Waals surface area contributed by atoms with Crippen LogP contribution in [0.1, 0.15) is 16.7 Å². The van der Waals surface area contributed by atoms with Crippen LogP contribution in [0, 0.1) is 11.6 Å². The van der Waals surface area contributed by atoms with Gasteiger partial charge in [-0.15, -0.1) is 0 Å². The average Bonchev–Trinajstić information content (AvgIpc) is 3.47. The van der Waals surface area contributed by atoms with Crippen molar-refractivity contribution in [1.29, 1.82) is 0 Å². The van der Waals surface area contributed by atoms with E-state index in [0.717, 1.165) is 34.0 Å². The number of carbonyl (C=O) groups excluding carboxylic acids is 1. The smallest absolute Gasteiger partial charge is 0.264 e. The van der Waals surface area contributed by atoms with Crippen LogP contribution in [-0.2, 0) is 27.8 Å². The molecule has 0 fully saturated rings. The molecule has 0 aliphatic carbocycles. The first kappa shape index (κ1) is 27.7. The second kappa shape index (κ2) is 12.1. The Morgan fingerprint density at radius 2 is 1.71 bits per heavy atom. The first-order valence-corrected chi connectivity index (χ1v) is 14.2. The lowest BCUT2D eigenvalue weighted by Gasteiger charge is -2.12. The zero-order chi connectivity index (χ0) is 28.8. The second-order valence-electron chi connectivity index (χ2n) is 9.23. The standard InChI is InChI=1S/C31H25F2N3O4S/c32-28-12-11-27(20-29(28)33)41(38,39)35-31(37)13-10-25-9-7-23(21-36-16-3-15-34-36)19-30(25)40-17-14-22-6-8-24-4-1-2-5-26(24)18-22/h1-13,15-16,18-20H,14,17,21H2,(H,35,37)/b13-10+. The normalized spacial score (nSPS) is 11.7. The quantitative estimate of drug-likeness (QED) is 0.223. The molecule has 0 saturated carbocycles. The molecule has 0 spiro atoms. The van der Waals surface area contributed by atoms with Crippen LogP contribution < -0.4 is 9.46 Å². The molecular weight excluding hydrogens is 548 g/mol. The molecule has 0 unspecified atom stereocenters. The van der Waals surface area contributed by atoms with Gasteiger partial charge in [-0.1, -0.05) is 54.6 Å². The molecular formula is C31H25F2N3O4S. The Balaban J connectivity index is 1.31. The fraction of sp³-hybridized carbons (Fsp3) is 0.0968. The summed E-state index contributed by atoms with van der Waals surface area (Å²) in [4.78, 5) is 11.9. The van der Waals surface area contributed by atoms with Crippen molar-refractivity contribution < 1.29 is 26.7 Å². The number of hydrogen-bond acceptors (Lipinski definition) is 5. The van der Waals surface area contributed by atoms with E-state index in [2.05, 4.69) is 35.4 Å². The van der Waals surface area contributed by atoms with Gasteiger partial charge in [-0.2, -0.15) is 5.10 Å². The van der Waals surface area contributed by atoms with Crippen molar-refractivity contribution in [3.05, 3.63) is 132 Å². The molecule has 5 rings (SSSR count). The summed E-state index contributed by atoms with van der Waals surface area (Å²) >= 11 is 0. The summed E-state index contributed by atoms with van der Waals surface area (Å²) in [6.45, 7) is 0.867. The number of nitrogens with zero attached hydrogens (tertiary/aromatic N) is 2. The zero-order valence-corrected chi connectivity index (χ0v) is 22.5. The van der Waals surface area contributed by atoms with Gasteiger partial charge in [-0.25, -0.2) is 21.9 Å². The Morgan fingerprint density at radius 3 is 2.49 bits per heavy atom. The van der Waals surface area contributed by atoms with E-state index in [0.29, 0.717) is 43.0 Å². The molecule has 0 radical (unpaired) electrons. The van der Waals surface area contributed by atoms with Crippen molar-refractivity contribution in [1.82, 2.24) is 14.5 Å².